The van der Waals surface area contributed by atoms with Gasteiger partial charge in [0, 0.05) is 10.6 Å². The number of esters is 1. The second-order valence-corrected chi connectivity index (χ2v) is 7.39. The van der Waals surface area contributed by atoms with Crippen LogP contribution in [0.4, 0.5) is 0 Å². The minimum absolute atomic E-state index is 0.236. The van der Waals surface area contributed by atoms with Crippen molar-refractivity contribution in [1.29, 1.82) is 0 Å². The van der Waals surface area contributed by atoms with Gasteiger partial charge in [-0.15, -0.1) is 0 Å². The highest BCUT2D eigenvalue weighted by Gasteiger charge is 2.13. The zero-order valence-corrected chi connectivity index (χ0v) is 18.3. The zero-order chi connectivity index (χ0) is 22.4. The molecular formula is C22H15Cl3N2O4. The number of nitrogens with zero attached hydrogens (tertiary/aromatic N) is 1. The van der Waals surface area contributed by atoms with Crippen molar-refractivity contribution in [3.8, 4) is 11.5 Å². The van der Waals surface area contributed by atoms with E-state index >= 15 is 0 Å². The fourth-order valence-corrected chi connectivity index (χ4v) is 2.88. The highest BCUT2D eigenvalue weighted by Crippen LogP contribution is 2.28. The van der Waals surface area contributed by atoms with Crippen LogP contribution in [0.3, 0.4) is 0 Å². The third-order valence-corrected chi connectivity index (χ3v) is 5.02. The number of carbonyl (C=O) groups excluding carboxylic acids is 2. The molecule has 3 rings (SSSR count). The van der Waals surface area contributed by atoms with Crippen LogP contribution < -0.4 is 14.9 Å². The summed E-state index contributed by atoms with van der Waals surface area (Å²) in [6, 6.07) is 15.7. The van der Waals surface area contributed by atoms with Crippen LogP contribution in [0.15, 0.2) is 65.8 Å². The molecule has 0 aliphatic rings. The molecule has 3 aromatic rings. The van der Waals surface area contributed by atoms with Crippen molar-refractivity contribution >= 4 is 52.9 Å². The molecule has 0 heterocycles. The molecular weight excluding hydrogens is 463 g/mol. The fourth-order valence-electron chi connectivity index (χ4n) is 2.46. The van der Waals surface area contributed by atoms with Gasteiger partial charge in [0.1, 0.15) is 0 Å². The van der Waals surface area contributed by atoms with Gasteiger partial charge in [-0.05, 0) is 66.2 Å². The van der Waals surface area contributed by atoms with E-state index in [9.17, 15) is 9.59 Å². The van der Waals surface area contributed by atoms with E-state index in [2.05, 4.69) is 10.5 Å². The molecule has 0 aliphatic carbocycles. The molecule has 1 N–H and O–H groups in total. The molecule has 0 radical (unpaired) electrons. The smallest absolute Gasteiger partial charge is 0.343 e. The minimum Gasteiger partial charge on any atom is -0.493 e. The number of amides is 1. The van der Waals surface area contributed by atoms with Gasteiger partial charge in [0.25, 0.3) is 5.91 Å². The van der Waals surface area contributed by atoms with Crippen LogP contribution in [0.25, 0.3) is 0 Å². The van der Waals surface area contributed by atoms with E-state index in [4.69, 9.17) is 44.3 Å². The molecule has 9 heteroatoms. The van der Waals surface area contributed by atoms with Crippen LogP contribution in [0.5, 0.6) is 11.5 Å². The van der Waals surface area contributed by atoms with Gasteiger partial charge in [-0.2, -0.15) is 5.10 Å². The Kier molecular flexibility index (Phi) is 7.52. The van der Waals surface area contributed by atoms with Crippen molar-refractivity contribution in [2.45, 2.75) is 0 Å². The van der Waals surface area contributed by atoms with E-state index in [1.165, 1.54) is 31.5 Å². The van der Waals surface area contributed by atoms with Crippen molar-refractivity contribution in [2.24, 2.45) is 5.10 Å². The van der Waals surface area contributed by atoms with Gasteiger partial charge in [-0.1, -0.05) is 34.8 Å². The molecule has 0 fully saturated rings. The highest BCUT2D eigenvalue weighted by molar-refractivity contribution is 6.42. The lowest BCUT2D eigenvalue weighted by molar-refractivity contribution is 0.0729. The Balaban J connectivity index is 1.67. The van der Waals surface area contributed by atoms with Crippen molar-refractivity contribution in [3.05, 3.63) is 92.4 Å². The van der Waals surface area contributed by atoms with Gasteiger partial charge in [0.2, 0.25) is 0 Å². The maximum Gasteiger partial charge on any atom is 0.343 e. The van der Waals surface area contributed by atoms with Gasteiger partial charge in [-0.3, -0.25) is 4.79 Å². The number of hydrogen-bond donors (Lipinski definition) is 1. The topological polar surface area (TPSA) is 77.0 Å². The predicted molar refractivity (Wildman–Crippen MR) is 121 cm³/mol. The molecule has 0 unspecified atom stereocenters. The van der Waals surface area contributed by atoms with E-state index in [1.807, 2.05) is 0 Å². The first kappa shape index (κ1) is 22.6. The average molecular weight is 478 g/mol. The third kappa shape index (κ3) is 5.98. The Morgan fingerprint density at radius 1 is 0.871 bits per heavy atom. The second-order valence-electron chi connectivity index (χ2n) is 6.13. The van der Waals surface area contributed by atoms with Crippen LogP contribution in [-0.4, -0.2) is 25.2 Å². The third-order valence-electron chi connectivity index (χ3n) is 4.03. The SMILES string of the molecule is COc1cc(/C=N\NC(=O)c2ccc(Cl)c(Cl)c2)ccc1OC(=O)c1ccc(Cl)cc1. The van der Waals surface area contributed by atoms with Crippen LogP contribution in [-0.2, 0) is 0 Å². The highest BCUT2D eigenvalue weighted by atomic mass is 35.5. The van der Waals surface area contributed by atoms with E-state index in [0.29, 0.717) is 32.5 Å². The lowest BCUT2D eigenvalue weighted by Crippen LogP contribution is -2.17. The van der Waals surface area contributed by atoms with Gasteiger partial charge >= 0.3 is 5.97 Å². The lowest BCUT2D eigenvalue weighted by Gasteiger charge is -2.10. The largest absolute Gasteiger partial charge is 0.493 e. The first-order valence-electron chi connectivity index (χ1n) is 8.81. The standard InChI is InChI=1S/C22H15Cl3N2O4/c1-30-20-10-13(12-26-27-21(28)15-5-8-17(24)18(25)11-15)2-9-19(20)31-22(29)14-3-6-16(23)7-4-14/h2-12H,1H3,(H,27,28)/b26-12-. The van der Waals surface area contributed by atoms with Crippen LogP contribution >= 0.6 is 34.8 Å². The Hall–Kier alpha value is -3.06. The summed E-state index contributed by atoms with van der Waals surface area (Å²) in [6.07, 6.45) is 1.42. The maximum absolute atomic E-state index is 12.3. The molecule has 6 nitrogen and oxygen atoms in total. The molecule has 0 aliphatic heterocycles. The number of rotatable bonds is 6. The van der Waals surface area contributed by atoms with Gasteiger partial charge in [-0.25, -0.2) is 10.2 Å². The molecule has 0 saturated heterocycles. The van der Waals surface area contributed by atoms with E-state index in [1.54, 1.807) is 42.5 Å². The Bertz CT molecular complexity index is 1150. The summed E-state index contributed by atoms with van der Waals surface area (Å²) in [5, 5.41) is 5.06. The zero-order valence-electron chi connectivity index (χ0n) is 16.1. The summed E-state index contributed by atoms with van der Waals surface area (Å²) >= 11 is 17.6. The van der Waals surface area contributed by atoms with Crippen LogP contribution in [0, 0.1) is 0 Å². The van der Waals surface area contributed by atoms with E-state index in [-0.39, 0.29) is 10.8 Å². The fraction of sp³-hybridized carbons (Fsp3) is 0.0455. The minimum atomic E-state index is -0.551. The Morgan fingerprint density at radius 2 is 1.58 bits per heavy atom. The summed E-state index contributed by atoms with van der Waals surface area (Å²) in [6.45, 7) is 0. The first-order valence-corrected chi connectivity index (χ1v) is 9.95. The molecule has 0 bridgehead atoms. The predicted octanol–water partition coefficient (Wildman–Crippen LogP) is 5.64. The van der Waals surface area contributed by atoms with Gasteiger partial charge in [0.05, 0.1) is 28.9 Å². The monoisotopic (exact) mass is 476 g/mol. The van der Waals surface area contributed by atoms with Gasteiger partial charge < -0.3 is 9.47 Å². The lowest BCUT2D eigenvalue weighted by atomic mass is 10.2. The normalized spacial score (nSPS) is 10.7. The van der Waals surface area contributed by atoms with Gasteiger partial charge in [0.15, 0.2) is 11.5 Å². The molecule has 3 aromatic carbocycles. The molecule has 0 aromatic heterocycles. The first-order chi connectivity index (χ1) is 14.9. The summed E-state index contributed by atoms with van der Waals surface area (Å²) in [4.78, 5) is 24.4. The van der Waals surface area contributed by atoms with Crippen molar-refractivity contribution in [3.63, 3.8) is 0 Å². The van der Waals surface area contributed by atoms with Crippen LogP contribution in [0.1, 0.15) is 26.3 Å². The summed E-state index contributed by atoms with van der Waals surface area (Å²) in [7, 11) is 1.45. The van der Waals surface area contributed by atoms with Crippen LogP contribution in [0.2, 0.25) is 15.1 Å². The van der Waals surface area contributed by atoms with Crippen molar-refractivity contribution < 1.29 is 19.1 Å². The molecule has 1 amide bonds. The Morgan fingerprint density at radius 3 is 2.26 bits per heavy atom. The van der Waals surface area contributed by atoms with Crippen molar-refractivity contribution in [2.75, 3.05) is 7.11 Å². The summed E-state index contributed by atoms with van der Waals surface area (Å²) < 4.78 is 10.7. The Labute approximate surface area is 193 Å². The summed E-state index contributed by atoms with van der Waals surface area (Å²) in [5.74, 6) is -0.443. The number of ether oxygens (including phenoxy) is 2. The second kappa shape index (κ2) is 10.3. The van der Waals surface area contributed by atoms with E-state index in [0.717, 1.165) is 0 Å². The number of hydrazone groups is 1. The number of hydrogen-bond acceptors (Lipinski definition) is 5. The number of halogens is 3. The molecule has 31 heavy (non-hydrogen) atoms. The maximum atomic E-state index is 12.3. The van der Waals surface area contributed by atoms with E-state index < -0.39 is 11.9 Å². The molecule has 158 valence electrons. The number of carbonyl (C=O) groups is 2. The quantitative estimate of drug-likeness (QED) is 0.216. The number of nitrogens with one attached hydrogen (secondary N) is 1. The molecule has 0 atom stereocenters. The molecule has 0 spiro atoms. The number of methoxy groups -OCH3 is 1. The molecule has 0 saturated carbocycles. The summed E-state index contributed by atoms with van der Waals surface area (Å²) in [5.41, 5.74) is 3.67. The number of benzene rings is 3. The average Bonchev–Trinajstić information content (AvgIpc) is 2.76. The van der Waals surface area contributed by atoms with Crippen molar-refractivity contribution in [1.82, 2.24) is 5.43 Å².